The molecule has 1 aromatic rings. The van der Waals surface area contributed by atoms with Crippen molar-refractivity contribution < 1.29 is 17.9 Å². The van der Waals surface area contributed by atoms with Crippen molar-refractivity contribution in [2.45, 2.75) is 44.0 Å². The van der Waals surface area contributed by atoms with Crippen molar-refractivity contribution in [3.8, 4) is 5.75 Å². The number of rotatable bonds is 4. The van der Waals surface area contributed by atoms with Gasteiger partial charge in [-0.2, -0.15) is 4.72 Å². The number of hydrogen-bond donors (Lipinski definition) is 2. The minimum absolute atomic E-state index is 0.213. The topological polar surface area (TPSA) is 84.5 Å². The number of amides is 1. The molecule has 0 saturated carbocycles. The second kappa shape index (κ2) is 6.66. The van der Waals surface area contributed by atoms with Gasteiger partial charge in [-0.3, -0.25) is 4.79 Å². The summed E-state index contributed by atoms with van der Waals surface area (Å²) in [4.78, 5) is 12.1. The molecule has 1 fully saturated rings. The van der Waals surface area contributed by atoms with Crippen LogP contribution >= 0.6 is 0 Å². The lowest BCUT2D eigenvalue weighted by atomic mass is 10.1. The van der Waals surface area contributed by atoms with Crippen LogP contribution < -0.4 is 14.8 Å². The Morgan fingerprint density at radius 2 is 1.86 bits per heavy atom. The first-order chi connectivity index (χ1) is 10.3. The molecule has 0 aliphatic carbocycles. The first-order valence-electron chi connectivity index (χ1n) is 7.30. The van der Waals surface area contributed by atoms with E-state index >= 15 is 0 Å². The van der Waals surface area contributed by atoms with Crippen molar-refractivity contribution >= 4 is 15.9 Å². The summed E-state index contributed by atoms with van der Waals surface area (Å²) < 4.78 is 33.0. The molecule has 2 N–H and O–H groups in total. The fraction of sp³-hybridized carbons (Fsp3) is 0.533. The second-order valence-electron chi connectivity index (χ2n) is 5.55. The number of sulfonamides is 1. The Morgan fingerprint density at radius 1 is 1.23 bits per heavy atom. The summed E-state index contributed by atoms with van der Waals surface area (Å²) in [5.41, 5.74) is 1.19. The van der Waals surface area contributed by atoms with Gasteiger partial charge in [0.25, 0.3) is 0 Å². The normalized spacial score (nSPS) is 19.4. The van der Waals surface area contributed by atoms with Gasteiger partial charge in [-0.25, -0.2) is 8.42 Å². The van der Waals surface area contributed by atoms with Gasteiger partial charge in [-0.15, -0.1) is 0 Å². The molecule has 6 nitrogen and oxygen atoms in total. The zero-order chi connectivity index (χ0) is 16.3. The summed E-state index contributed by atoms with van der Waals surface area (Å²) in [6, 6.07) is 2.64. The van der Waals surface area contributed by atoms with Gasteiger partial charge in [0.2, 0.25) is 15.9 Å². The highest BCUT2D eigenvalue weighted by atomic mass is 32.2. The van der Waals surface area contributed by atoms with Gasteiger partial charge in [-0.1, -0.05) is 0 Å². The first-order valence-corrected chi connectivity index (χ1v) is 8.79. The average Bonchev–Trinajstić information content (AvgIpc) is 2.62. The highest BCUT2D eigenvalue weighted by Crippen LogP contribution is 2.26. The van der Waals surface area contributed by atoms with Gasteiger partial charge >= 0.3 is 0 Å². The van der Waals surface area contributed by atoms with Crippen molar-refractivity contribution in [1.82, 2.24) is 10.0 Å². The highest BCUT2D eigenvalue weighted by molar-refractivity contribution is 7.89. The highest BCUT2D eigenvalue weighted by Gasteiger charge is 2.28. The third kappa shape index (κ3) is 3.59. The SMILES string of the molecule is COc1cc(C)c(S(=O)(=O)N[C@H]2CCCCNC2=O)c(C)c1. The van der Waals surface area contributed by atoms with E-state index in [1.807, 2.05) is 0 Å². The third-order valence-electron chi connectivity index (χ3n) is 3.77. The summed E-state index contributed by atoms with van der Waals surface area (Å²) in [5, 5.41) is 2.73. The molecule has 1 aliphatic rings. The molecule has 1 atom stereocenters. The van der Waals surface area contributed by atoms with Crippen LogP contribution in [0.3, 0.4) is 0 Å². The van der Waals surface area contributed by atoms with Gasteiger partial charge in [0.15, 0.2) is 0 Å². The molecule has 22 heavy (non-hydrogen) atoms. The third-order valence-corrected chi connectivity index (χ3v) is 5.55. The fourth-order valence-electron chi connectivity index (χ4n) is 2.75. The second-order valence-corrected chi connectivity index (χ2v) is 7.20. The van der Waals surface area contributed by atoms with Gasteiger partial charge in [0, 0.05) is 6.54 Å². The minimum atomic E-state index is -3.76. The predicted octanol–water partition coefficient (Wildman–Crippen LogP) is 1.26. The van der Waals surface area contributed by atoms with Crippen LogP contribution in [-0.2, 0) is 14.8 Å². The Bertz CT molecular complexity index is 647. The Kier molecular flexibility index (Phi) is 5.08. The lowest BCUT2D eigenvalue weighted by Crippen LogP contribution is -2.45. The predicted molar refractivity (Wildman–Crippen MR) is 83.4 cm³/mol. The van der Waals surface area contributed by atoms with Crippen LogP contribution in [0.1, 0.15) is 30.4 Å². The number of ether oxygens (including phenoxy) is 1. The van der Waals surface area contributed by atoms with E-state index in [9.17, 15) is 13.2 Å². The van der Waals surface area contributed by atoms with Gasteiger partial charge < -0.3 is 10.1 Å². The molecule has 0 radical (unpaired) electrons. The van der Waals surface area contributed by atoms with E-state index in [1.165, 1.54) is 7.11 Å². The lowest BCUT2D eigenvalue weighted by Gasteiger charge is -2.18. The number of nitrogens with one attached hydrogen (secondary N) is 2. The fourth-order valence-corrected chi connectivity index (χ4v) is 4.43. The van der Waals surface area contributed by atoms with E-state index in [-0.39, 0.29) is 10.8 Å². The zero-order valence-electron chi connectivity index (χ0n) is 13.1. The van der Waals surface area contributed by atoms with E-state index in [0.717, 1.165) is 12.8 Å². The Balaban J connectivity index is 2.32. The van der Waals surface area contributed by atoms with Gasteiger partial charge in [0.1, 0.15) is 11.8 Å². The molecule has 0 bridgehead atoms. The van der Waals surface area contributed by atoms with E-state index in [4.69, 9.17) is 4.74 Å². The van der Waals surface area contributed by atoms with Crippen molar-refractivity contribution in [1.29, 1.82) is 0 Å². The zero-order valence-corrected chi connectivity index (χ0v) is 13.9. The maximum absolute atomic E-state index is 12.7. The quantitative estimate of drug-likeness (QED) is 0.872. The summed E-state index contributed by atoms with van der Waals surface area (Å²) in [6.07, 6.45) is 2.19. The number of carbonyl (C=O) groups is 1. The molecule has 7 heteroatoms. The number of carbonyl (C=O) groups excluding carboxylic acids is 1. The number of benzene rings is 1. The Morgan fingerprint density at radius 3 is 2.45 bits per heavy atom. The summed E-state index contributed by atoms with van der Waals surface area (Å²) in [7, 11) is -2.22. The number of hydrogen-bond acceptors (Lipinski definition) is 4. The summed E-state index contributed by atoms with van der Waals surface area (Å²) in [6.45, 7) is 4.03. The maximum atomic E-state index is 12.7. The van der Waals surface area contributed by atoms with E-state index < -0.39 is 16.1 Å². The maximum Gasteiger partial charge on any atom is 0.241 e. The average molecular weight is 326 g/mol. The molecular weight excluding hydrogens is 304 g/mol. The molecule has 1 saturated heterocycles. The Labute approximate surface area is 131 Å². The summed E-state index contributed by atoms with van der Waals surface area (Å²) in [5.74, 6) is 0.353. The molecule has 122 valence electrons. The van der Waals surface area contributed by atoms with Gasteiger partial charge in [-0.05, 0) is 56.4 Å². The smallest absolute Gasteiger partial charge is 0.241 e. The van der Waals surface area contributed by atoms with Crippen LogP contribution in [0, 0.1) is 13.8 Å². The lowest BCUT2D eigenvalue weighted by molar-refractivity contribution is -0.122. The largest absolute Gasteiger partial charge is 0.497 e. The Hall–Kier alpha value is -1.60. The molecule has 1 aromatic carbocycles. The first kappa shape index (κ1) is 16.8. The van der Waals surface area contributed by atoms with Crippen molar-refractivity contribution in [3.05, 3.63) is 23.3 Å². The van der Waals surface area contributed by atoms with Crippen LogP contribution in [0.4, 0.5) is 0 Å². The van der Waals surface area contributed by atoms with Crippen LogP contribution in [0.15, 0.2) is 17.0 Å². The molecule has 0 aromatic heterocycles. The number of methoxy groups -OCH3 is 1. The van der Waals surface area contributed by atoms with E-state index in [2.05, 4.69) is 10.0 Å². The molecular formula is C15H22N2O4S. The van der Waals surface area contributed by atoms with Crippen LogP contribution in [0.5, 0.6) is 5.75 Å². The van der Waals surface area contributed by atoms with E-state index in [0.29, 0.717) is 29.8 Å². The molecule has 0 unspecified atom stereocenters. The standard InChI is InChI=1S/C15H22N2O4S/c1-10-8-12(21-3)9-11(2)14(10)22(19,20)17-13-6-4-5-7-16-15(13)18/h8-9,13,17H,4-7H2,1-3H3,(H,16,18)/t13-/m0/s1. The van der Waals surface area contributed by atoms with E-state index in [1.54, 1.807) is 26.0 Å². The van der Waals surface area contributed by atoms with Crippen molar-refractivity contribution in [2.75, 3.05) is 13.7 Å². The van der Waals surface area contributed by atoms with Crippen LogP contribution in [0.2, 0.25) is 0 Å². The summed E-state index contributed by atoms with van der Waals surface area (Å²) >= 11 is 0. The molecule has 2 rings (SSSR count). The van der Waals surface area contributed by atoms with Gasteiger partial charge in [0.05, 0.1) is 12.0 Å². The molecule has 1 aliphatic heterocycles. The number of aryl methyl sites for hydroxylation is 2. The van der Waals surface area contributed by atoms with Crippen LogP contribution in [0.25, 0.3) is 0 Å². The monoisotopic (exact) mass is 326 g/mol. The van der Waals surface area contributed by atoms with Crippen LogP contribution in [-0.4, -0.2) is 34.0 Å². The van der Waals surface area contributed by atoms with Crippen molar-refractivity contribution in [3.63, 3.8) is 0 Å². The molecule has 0 spiro atoms. The molecule has 1 heterocycles. The van der Waals surface area contributed by atoms with Crippen molar-refractivity contribution in [2.24, 2.45) is 0 Å². The minimum Gasteiger partial charge on any atom is -0.497 e. The molecule has 1 amide bonds.